The number of nitrogens with zero attached hydrogens (tertiary/aromatic N) is 5. The van der Waals surface area contributed by atoms with Crippen LogP contribution in [0, 0.1) is 0 Å². The number of amides is 1. The van der Waals surface area contributed by atoms with Gasteiger partial charge in [0, 0.05) is 37.7 Å². The molecule has 146 valence electrons. The lowest BCUT2D eigenvalue weighted by Gasteiger charge is -2.26. The SMILES string of the molecule is O=C(Nc1cccc(CN2CCOCC2)c1)c1ccn(Cn2cc(Br)cn2)n1. The predicted molar refractivity (Wildman–Crippen MR) is 108 cm³/mol. The van der Waals surface area contributed by atoms with Crippen molar-refractivity contribution in [3.8, 4) is 0 Å². The molecule has 2 aromatic heterocycles. The van der Waals surface area contributed by atoms with Gasteiger partial charge in [-0.1, -0.05) is 12.1 Å². The summed E-state index contributed by atoms with van der Waals surface area (Å²) in [5.74, 6) is -0.232. The van der Waals surface area contributed by atoms with Crippen LogP contribution in [0.25, 0.3) is 0 Å². The van der Waals surface area contributed by atoms with E-state index in [2.05, 4.69) is 42.4 Å². The maximum atomic E-state index is 12.5. The van der Waals surface area contributed by atoms with Crippen LogP contribution in [0.2, 0.25) is 0 Å². The monoisotopic (exact) mass is 444 g/mol. The molecule has 0 aliphatic carbocycles. The molecule has 4 rings (SSSR count). The van der Waals surface area contributed by atoms with Crippen molar-refractivity contribution in [2.75, 3.05) is 31.6 Å². The highest BCUT2D eigenvalue weighted by Gasteiger charge is 2.13. The normalized spacial score (nSPS) is 14.9. The number of carbonyl (C=O) groups is 1. The summed E-state index contributed by atoms with van der Waals surface area (Å²) in [6, 6.07) is 9.62. The van der Waals surface area contributed by atoms with E-state index in [1.807, 2.05) is 24.4 Å². The van der Waals surface area contributed by atoms with E-state index in [0.717, 1.165) is 48.6 Å². The first kappa shape index (κ1) is 18.9. The molecule has 0 saturated carbocycles. The number of hydrogen-bond acceptors (Lipinski definition) is 5. The van der Waals surface area contributed by atoms with Gasteiger partial charge in [-0.2, -0.15) is 10.2 Å². The van der Waals surface area contributed by atoms with E-state index in [1.165, 1.54) is 0 Å². The Hall–Kier alpha value is -2.49. The molecule has 8 nitrogen and oxygen atoms in total. The van der Waals surface area contributed by atoms with Crippen molar-refractivity contribution in [1.29, 1.82) is 0 Å². The van der Waals surface area contributed by atoms with Crippen LogP contribution in [0.15, 0.2) is 53.4 Å². The number of carbonyl (C=O) groups excluding carboxylic acids is 1. The molecule has 28 heavy (non-hydrogen) atoms. The van der Waals surface area contributed by atoms with Crippen molar-refractivity contribution >= 4 is 27.5 Å². The van der Waals surface area contributed by atoms with E-state index in [1.54, 1.807) is 27.8 Å². The van der Waals surface area contributed by atoms with Crippen molar-refractivity contribution < 1.29 is 9.53 Å². The third kappa shape index (κ3) is 4.86. The van der Waals surface area contributed by atoms with Gasteiger partial charge >= 0.3 is 0 Å². The van der Waals surface area contributed by atoms with Gasteiger partial charge in [0.15, 0.2) is 5.69 Å². The van der Waals surface area contributed by atoms with Crippen LogP contribution in [0.4, 0.5) is 5.69 Å². The van der Waals surface area contributed by atoms with E-state index >= 15 is 0 Å². The lowest BCUT2D eigenvalue weighted by molar-refractivity contribution is 0.0342. The molecule has 1 aromatic carbocycles. The third-order valence-electron chi connectivity index (χ3n) is 4.46. The molecule has 1 amide bonds. The summed E-state index contributed by atoms with van der Waals surface area (Å²) in [5, 5.41) is 11.4. The minimum atomic E-state index is -0.232. The van der Waals surface area contributed by atoms with E-state index in [4.69, 9.17) is 4.74 Å². The second-order valence-electron chi connectivity index (χ2n) is 6.62. The molecule has 0 spiro atoms. The first-order valence-corrected chi connectivity index (χ1v) is 9.87. The summed E-state index contributed by atoms with van der Waals surface area (Å²) in [5.41, 5.74) is 2.29. The quantitative estimate of drug-likeness (QED) is 0.631. The summed E-state index contributed by atoms with van der Waals surface area (Å²) in [6.45, 7) is 4.69. The number of benzene rings is 1. The largest absolute Gasteiger partial charge is 0.379 e. The molecule has 1 N–H and O–H groups in total. The van der Waals surface area contributed by atoms with Crippen LogP contribution in [-0.2, 0) is 18.0 Å². The van der Waals surface area contributed by atoms with Crippen molar-refractivity contribution in [2.45, 2.75) is 13.2 Å². The van der Waals surface area contributed by atoms with Gasteiger partial charge in [-0.15, -0.1) is 0 Å². The van der Waals surface area contributed by atoms with Gasteiger partial charge in [0.25, 0.3) is 5.91 Å². The van der Waals surface area contributed by atoms with Crippen LogP contribution >= 0.6 is 15.9 Å². The fourth-order valence-corrected chi connectivity index (χ4v) is 3.41. The zero-order valence-corrected chi connectivity index (χ0v) is 16.9. The van der Waals surface area contributed by atoms with E-state index < -0.39 is 0 Å². The van der Waals surface area contributed by atoms with Crippen LogP contribution < -0.4 is 5.32 Å². The Labute approximate surface area is 171 Å². The number of rotatable bonds is 6. The van der Waals surface area contributed by atoms with Crippen molar-refractivity contribution in [2.24, 2.45) is 0 Å². The van der Waals surface area contributed by atoms with Crippen LogP contribution in [0.1, 0.15) is 16.1 Å². The van der Waals surface area contributed by atoms with Crippen molar-refractivity contribution in [3.05, 3.63) is 64.7 Å². The molecule has 1 aliphatic heterocycles. The molecule has 3 aromatic rings. The van der Waals surface area contributed by atoms with Gasteiger partial charge in [-0.25, -0.2) is 4.68 Å². The van der Waals surface area contributed by atoms with Crippen molar-refractivity contribution in [1.82, 2.24) is 24.5 Å². The summed E-state index contributed by atoms with van der Waals surface area (Å²) < 4.78 is 9.69. The van der Waals surface area contributed by atoms with Gasteiger partial charge in [0.1, 0.15) is 6.67 Å². The number of halogens is 1. The van der Waals surface area contributed by atoms with E-state index in [-0.39, 0.29) is 5.91 Å². The fourth-order valence-electron chi connectivity index (χ4n) is 3.09. The number of ether oxygens (including phenoxy) is 1. The van der Waals surface area contributed by atoms with Gasteiger partial charge in [0.2, 0.25) is 0 Å². The highest BCUT2D eigenvalue weighted by atomic mass is 79.9. The first-order chi connectivity index (χ1) is 13.7. The number of anilines is 1. The molecule has 1 fully saturated rings. The molecule has 0 atom stereocenters. The number of nitrogens with one attached hydrogen (secondary N) is 1. The Morgan fingerprint density at radius 3 is 2.86 bits per heavy atom. The van der Waals surface area contributed by atoms with Crippen molar-refractivity contribution in [3.63, 3.8) is 0 Å². The zero-order valence-electron chi connectivity index (χ0n) is 15.3. The summed E-state index contributed by atoms with van der Waals surface area (Å²) >= 11 is 3.36. The van der Waals surface area contributed by atoms with Crippen LogP contribution in [0.3, 0.4) is 0 Å². The predicted octanol–water partition coefficient (Wildman–Crippen LogP) is 2.43. The molecular weight excluding hydrogens is 424 g/mol. The molecule has 0 unspecified atom stereocenters. The van der Waals surface area contributed by atoms with Gasteiger partial charge in [-0.05, 0) is 39.7 Å². The molecule has 3 heterocycles. The second-order valence-corrected chi connectivity index (χ2v) is 7.54. The fraction of sp³-hybridized carbons (Fsp3) is 0.316. The highest BCUT2D eigenvalue weighted by molar-refractivity contribution is 9.10. The minimum absolute atomic E-state index is 0.232. The highest BCUT2D eigenvalue weighted by Crippen LogP contribution is 2.15. The topological polar surface area (TPSA) is 77.2 Å². The lowest BCUT2D eigenvalue weighted by Crippen LogP contribution is -2.35. The van der Waals surface area contributed by atoms with E-state index in [0.29, 0.717) is 12.4 Å². The smallest absolute Gasteiger partial charge is 0.276 e. The Morgan fingerprint density at radius 2 is 2.07 bits per heavy atom. The van der Waals surface area contributed by atoms with E-state index in [9.17, 15) is 4.79 Å². The standard InChI is InChI=1S/C19H21BrN6O2/c20-16-11-21-26(13-16)14-25-5-4-18(23-25)19(27)22-17-3-1-2-15(10-17)12-24-6-8-28-9-7-24/h1-5,10-11,13H,6-9,12,14H2,(H,22,27). The summed E-state index contributed by atoms with van der Waals surface area (Å²) in [6.07, 6.45) is 5.32. The third-order valence-corrected chi connectivity index (χ3v) is 4.87. The number of hydrogen-bond donors (Lipinski definition) is 1. The Kier molecular flexibility index (Phi) is 5.84. The number of morpholine rings is 1. The average Bonchev–Trinajstić information content (AvgIpc) is 3.32. The maximum Gasteiger partial charge on any atom is 0.276 e. The molecule has 1 saturated heterocycles. The average molecular weight is 445 g/mol. The number of aromatic nitrogens is 4. The molecule has 0 bridgehead atoms. The maximum absolute atomic E-state index is 12.5. The van der Waals surface area contributed by atoms with Crippen LogP contribution in [-0.4, -0.2) is 56.7 Å². The minimum Gasteiger partial charge on any atom is -0.379 e. The Bertz CT molecular complexity index is 947. The zero-order chi connectivity index (χ0) is 19.3. The first-order valence-electron chi connectivity index (χ1n) is 9.07. The van der Waals surface area contributed by atoms with Crippen LogP contribution in [0.5, 0.6) is 0 Å². The lowest BCUT2D eigenvalue weighted by atomic mass is 10.2. The Balaban J connectivity index is 1.37. The molecule has 0 radical (unpaired) electrons. The summed E-state index contributed by atoms with van der Waals surface area (Å²) in [7, 11) is 0. The van der Waals surface area contributed by atoms with Gasteiger partial charge in [-0.3, -0.25) is 14.4 Å². The summed E-state index contributed by atoms with van der Waals surface area (Å²) in [4.78, 5) is 14.9. The molecular formula is C19H21BrN6O2. The molecule has 1 aliphatic rings. The van der Waals surface area contributed by atoms with Gasteiger partial charge in [0.05, 0.1) is 23.9 Å². The molecule has 9 heteroatoms. The second kappa shape index (κ2) is 8.68. The Morgan fingerprint density at radius 1 is 1.21 bits per heavy atom. The van der Waals surface area contributed by atoms with Gasteiger partial charge < -0.3 is 10.1 Å².